The lowest BCUT2D eigenvalue weighted by molar-refractivity contribution is -0.134. The highest BCUT2D eigenvalue weighted by atomic mass is 16.6. The lowest BCUT2D eigenvalue weighted by Crippen LogP contribution is -2.52. The van der Waals surface area contributed by atoms with Crippen LogP contribution in [-0.4, -0.2) is 35.1 Å². The zero-order valence-electron chi connectivity index (χ0n) is 16.6. The summed E-state index contributed by atoms with van der Waals surface area (Å²) in [6.07, 6.45) is 1.89. The van der Waals surface area contributed by atoms with Crippen LogP contribution in [0.1, 0.15) is 46.6 Å². The third kappa shape index (κ3) is 7.30. The molecule has 2 atom stereocenters. The van der Waals surface area contributed by atoms with E-state index in [1.54, 1.807) is 31.7 Å². The topological polar surface area (TPSA) is 58.6 Å². The molecule has 0 saturated heterocycles. The van der Waals surface area contributed by atoms with Crippen molar-refractivity contribution in [3.05, 3.63) is 48.6 Å². The fourth-order valence-corrected chi connectivity index (χ4v) is 2.51. The molecule has 5 heteroatoms. The Hall–Kier alpha value is -2.30. The van der Waals surface area contributed by atoms with Gasteiger partial charge in [0.25, 0.3) is 0 Å². The second kappa shape index (κ2) is 10.00. The maximum Gasteiger partial charge on any atom is 0.408 e. The zero-order valence-corrected chi connectivity index (χ0v) is 16.6. The van der Waals surface area contributed by atoms with Gasteiger partial charge in [-0.15, -0.1) is 6.58 Å². The van der Waals surface area contributed by atoms with Gasteiger partial charge in [0.05, 0.1) is 0 Å². The molecule has 1 N–H and O–H groups in total. The molecule has 0 aromatic heterocycles. The fourth-order valence-electron chi connectivity index (χ4n) is 2.51. The summed E-state index contributed by atoms with van der Waals surface area (Å²) in [6.45, 7) is 14.0. The molecule has 26 heavy (non-hydrogen) atoms. The first-order chi connectivity index (χ1) is 12.2. The molecule has 2 amide bonds. The molecule has 1 aromatic carbocycles. The number of carbonyl (C=O) groups is 2. The van der Waals surface area contributed by atoms with Gasteiger partial charge < -0.3 is 15.0 Å². The highest BCUT2D eigenvalue weighted by Gasteiger charge is 2.31. The van der Waals surface area contributed by atoms with E-state index < -0.39 is 17.7 Å². The van der Waals surface area contributed by atoms with Crippen molar-refractivity contribution in [2.24, 2.45) is 5.92 Å². The van der Waals surface area contributed by atoms with Crippen molar-refractivity contribution in [2.45, 2.75) is 59.2 Å². The molecule has 0 saturated carbocycles. The molecule has 5 nitrogen and oxygen atoms in total. The minimum atomic E-state index is -0.640. The minimum Gasteiger partial charge on any atom is -0.444 e. The van der Waals surface area contributed by atoms with Gasteiger partial charge in [-0.05, 0) is 32.3 Å². The maximum atomic E-state index is 13.1. The largest absolute Gasteiger partial charge is 0.444 e. The van der Waals surface area contributed by atoms with Crippen LogP contribution in [0.2, 0.25) is 0 Å². The molecule has 0 heterocycles. The van der Waals surface area contributed by atoms with Crippen LogP contribution in [0.4, 0.5) is 4.79 Å². The zero-order chi connectivity index (χ0) is 19.7. The van der Waals surface area contributed by atoms with E-state index in [2.05, 4.69) is 11.9 Å². The van der Waals surface area contributed by atoms with Crippen LogP contribution in [0, 0.1) is 5.92 Å². The molecule has 0 aliphatic carbocycles. The van der Waals surface area contributed by atoms with E-state index >= 15 is 0 Å². The number of amides is 2. The number of carbonyl (C=O) groups excluding carboxylic acids is 2. The number of ether oxygens (including phenoxy) is 1. The Bertz CT molecular complexity index is 593. The molecule has 0 fully saturated rings. The number of rotatable bonds is 8. The highest BCUT2D eigenvalue weighted by molar-refractivity contribution is 5.86. The second-order valence-corrected chi connectivity index (χ2v) is 7.50. The lowest BCUT2D eigenvalue weighted by Gasteiger charge is -2.31. The molecule has 0 aliphatic rings. The summed E-state index contributed by atoms with van der Waals surface area (Å²) in [6, 6.07) is 9.13. The van der Waals surface area contributed by atoms with E-state index in [9.17, 15) is 9.59 Å². The molecule has 0 spiro atoms. The van der Waals surface area contributed by atoms with Crippen molar-refractivity contribution in [3.63, 3.8) is 0 Å². The summed E-state index contributed by atoms with van der Waals surface area (Å²) in [7, 11) is 0. The first kappa shape index (κ1) is 21.7. The monoisotopic (exact) mass is 360 g/mol. The van der Waals surface area contributed by atoms with Gasteiger partial charge in [-0.2, -0.15) is 0 Å². The normalized spacial score (nSPS) is 13.4. The van der Waals surface area contributed by atoms with Gasteiger partial charge >= 0.3 is 6.09 Å². The van der Waals surface area contributed by atoms with Crippen LogP contribution in [-0.2, 0) is 16.1 Å². The van der Waals surface area contributed by atoms with Crippen LogP contribution in [0.3, 0.4) is 0 Å². The fraction of sp³-hybridized carbons (Fsp3) is 0.524. The van der Waals surface area contributed by atoms with Gasteiger partial charge in [0, 0.05) is 13.1 Å². The van der Waals surface area contributed by atoms with Gasteiger partial charge in [0.1, 0.15) is 11.6 Å². The minimum absolute atomic E-state index is 0.0156. The summed E-state index contributed by atoms with van der Waals surface area (Å²) in [4.78, 5) is 27.1. The quantitative estimate of drug-likeness (QED) is 0.709. The van der Waals surface area contributed by atoms with Crippen LogP contribution >= 0.6 is 0 Å². The molecular formula is C21H32N2O3. The number of hydrogen-bond donors (Lipinski definition) is 1. The van der Waals surface area contributed by atoms with E-state index in [0.29, 0.717) is 13.1 Å². The standard InChI is InChI=1S/C21H32N2O3/c1-7-14-23(15-17-12-10-9-11-13-17)19(24)18(16(3)8-2)22-20(25)26-21(4,5)6/h7,9-13,16,18H,1,8,14-15H2,2-6H3,(H,22,25)/t16-,18-/m0/s1. The summed E-state index contributed by atoms with van der Waals surface area (Å²) in [5.41, 5.74) is 0.417. The van der Waals surface area contributed by atoms with Crippen LogP contribution < -0.4 is 5.32 Å². The molecule has 0 radical (unpaired) electrons. The summed E-state index contributed by atoms with van der Waals surface area (Å²) in [5, 5.41) is 2.76. The van der Waals surface area contributed by atoms with Crippen LogP contribution in [0.15, 0.2) is 43.0 Å². The third-order valence-electron chi connectivity index (χ3n) is 4.03. The number of benzene rings is 1. The summed E-state index contributed by atoms with van der Waals surface area (Å²) < 4.78 is 5.33. The van der Waals surface area contributed by atoms with Gasteiger partial charge in [-0.25, -0.2) is 4.79 Å². The van der Waals surface area contributed by atoms with Crippen LogP contribution in [0.5, 0.6) is 0 Å². The Labute approximate surface area is 157 Å². The van der Waals surface area contributed by atoms with Gasteiger partial charge in [-0.3, -0.25) is 4.79 Å². The first-order valence-corrected chi connectivity index (χ1v) is 9.11. The molecule has 1 aromatic rings. The lowest BCUT2D eigenvalue weighted by atomic mass is 9.97. The van der Waals surface area contributed by atoms with Crippen molar-refractivity contribution in [3.8, 4) is 0 Å². The number of alkyl carbamates (subject to hydrolysis) is 1. The van der Waals surface area contributed by atoms with Crippen LogP contribution in [0.25, 0.3) is 0 Å². The Morgan fingerprint density at radius 3 is 2.38 bits per heavy atom. The number of nitrogens with zero attached hydrogens (tertiary/aromatic N) is 1. The average molecular weight is 360 g/mol. The van der Waals surface area contributed by atoms with Crippen molar-refractivity contribution >= 4 is 12.0 Å². The Balaban J connectivity index is 2.95. The SMILES string of the molecule is C=CCN(Cc1ccccc1)C(=O)[C@@H](NC(=O)OC(C)(C)C)[C@@H](C)CC. The Morgan fingerprint density at radius 2 is 1.88 bits per heavy atom. The molecule has 0 bridgehead atoms. The van der Waals surface area contributed by atoms with Crippen molar-refractivity contribution in [1.82, 2.24) is 10.2 Å². The van der Waals surface area contributed by atoms with E-state index in [-0.39, 0.29) is 11.8 Å². The van der Waals surface area contributed by atoms with E-state index in [1.165, 1.54) is 0 Å². The average Bonchev–Trinajstić information content (AvgIpc) is 2.57. The number of nitrogens with one attached hydrogen (secondary N) is 1. The highest BCUT2D eigenvalue weighted by Crippen LogP contribution is 2.15. The molecular weight excluding hydrogens is 328 g/mol. The van der Waals surface area contributed by atoms with Gasteiger partial charge in [-0.1, -0.05) is 56.7 Å². The predicted molar refractivity (Wildman–Crippen MR) is 105 cm³/mol. The molecule has 0 unspecified atom stereocenters. The molecule has 1 rings (SSSR count). The second-order valence-electron chi connectivity index (χ2n) is 7.50. The third-order valence-corrected chi connectivity index (χ3v) is 4.03. The Kier molecular flexibility index (Phi) is 8.36. The van der Waals surface area contributed by atoms with Gasteiger partial charge in [0.15, 0.2) is 0 Å². The molecule has 0 aliphatic heterocycles. The first-order valence-electron chi connectivity index (χ1n) is 9.11. The Morgan fingerprint density at radius 1 is 1.27 bits per heavy atom. The van der Waals surface area contributed by atoms with E-state index in [1.807, 2.05) is 44.2 Å². The maximum absolute atomic E-state index is 13.1. The predicted octanol–water partition coefficient (Wildman–Crippen LogP) is 4.14. The van der Waals surface area contributed by atoms with Gasteiger partial charge in [0.2, 0.25) is 5.91 Å². The summed E-state index contributed by atoms with van der Waals surface area (Å²) in [5.74, 6) is -0.146. The summed E-state index contributed by atoms with van der Waals surface area (Å²) >= 11 is 0. The van der Waals surface area contributed by atoms with E-state index in [4.69, 9.17) is 4.74 Å². The van der Waals surface area contributed by atoms with Crippen molar-refractivity contribution in [1.29, 1.82) is 0 Å². The van der Waals surface area contributed by atoms with Crippen molar-refractivity contribution in [2.75, 3.05) is 6.54 Å². The smallest absolute Gasteiger partial charge is 0.408 e. The van der Waals surface area contributed by atoms with Crippen molar-refractivity contribution < 1.29 is 14.3 Å². The number of hydrogen-bond acceptors (Lipinski definition) is 3. The molecule has 144 valence electrons. The van der Waals surface area contributed by atoms with E-state index in [0.717, 1.165) is 12.0 Å².